The molecule has 8 atom stereocenters. The number of rotatable bonds is 17. The molecule has 1 aromatic rings. The molecule has 7 N–H and O–H groups in total. The summed E-state index contributed by atoms with van der Waals surface area (Å²) < 4.78 is 39.8. The molecule has 5 amide bonds. The number of alkyl carbamates (subject to hydrolysis) is 1. The van der Waals surface area contributed by atoms with Crippen LogP contribution in [0.25, 0.3) is 0 Å². The number of likely N-dealkylation sites (N-methyl/N-ethyl adjacent to an activating group) is 1. The first kappa shape index (κ1) is 50.8. The number of nitrogens with zero attached hydrogens (tertiary/aromatic N) is 2. The molecular formula is C42H61ClN6O14. The Morgan fingerprint density at radius 1 is 1.14 bits per heavy atom. The van der Waals surface area contributed by atoms with Gasteiger partial charge in [-0.3, -0.25) is 24.5 Å². The van der Waals surface area contributed by atoms with Gasteiger partial charge in [0.25, 0.3) is 0 Å². The van der Waals surface area contributed by atoms with Gasteiger partial charge in [-0.15, -0.1) is 0 Å². The monoisotopic (exact) mass is 908 g/mol. The van der Waals surface area contributed by atoms with E-state index in [0.29, 0.717) is 17.9 Å². The molecule has 2 saturated heterocycles. The van der Waals surface area contributed by atoms with E-state index in [1.165, 1.54) is 38.0 Å². The number of benzene rings is 1. The highest BCUT2D eigenvalue weighted by atomic mass is 35.5. The maximum Gasteiger partial charge on any atom is 0.409 e. The molecule has 0 spiro atoms. The van der Waals surface area contributed by atoms with E-state index < -0.39 is 83.5 Å². The molecule has 4 rings (SSSR count). The number of primary amides is 1. The zero-order valence-corrected chi connectivity index (χ0v) is 37.6. The fourth-order valence-electron chi connectivity index (χ4n) is 7.21. The number of carbonyl (C=O) groups is 6. The lowest BCUT2D eigenvalue weighted by atomic mass is 9.90. The molecule has 21 heteroatoms. The summed E-state index contributed by atoms with van der Waals surface area (Å²) in [6.45, 7) is 5.70. The molecule has 3 heterocycles. The fraction of sp³-hybridized carbons (Fsp3) is 0.619. The summed E-state index contributed by atoms with van der Waals surface area (Å²) in [4.78, 5) is 79.2. The number of fused-ring (bicyclic) bond motifs is 5. The summed E-state index contributed by atoms with van der Waals surface area (Å²) in [5.41, 5.74) is 9.56. The van der Waals surface area contributed by atoms with Crippen molar-refractivity contribution >= 4 is 53.0 Å². The molecule has 0 saturated carbocycles. The number of methoxy groups -OCH3 is 2. The summed E-state index contributed by atoms with van der Waals surface area (Å²) >= 11 is 6.76. The van der Waals surface area contributed by atoms with Crippen LogP contribution >= 0.6 is 11.6 Å². The Labute approximate surface area is 371 Å². The van der Waals surface area contributed by atoms with Gasteiger partial charge in [-0.1, -0.05) is 35.4 Å². The van der Waals surface area contributed by atoms with Gasteiger partial charge >= 0.3 is 12.1 Å². The number of aliphatic hydroxyl groups is 1. The number of epoxide rings is 1. The van der Waals surface area contributed by atoms with Crippen molar-refractivity contribution in [3.63, 3.8) is 0 Å². The van der Waals surface area contributed by atoms with Gasteiger partial charge in [0.2, 0.25) is 23.6 Å². The van der Waals surface area contributed by atoms with Crippen LogP contribution in [0.2, 0.25) is 5.02 Å². The second kappa shape index (κ2) is 22.7. The van der Waals surface area contributed by atoms with Crippen LogP contribution in [0.1, 0.15) is 58.4 Å². The lowest BCUT2D eigenvalue weighted by molar-refractivity contribution is -0.162. The predicted molar refractivity (Wildman–Crippen MR) is 227 cm³/mol. The van der Waals surface area contributed by atoms with E-state index in [4.69, 9.17) is 56.2 Å². The molecule has 350 valence electrons. The van der Waals surface area contributed by atoms with E-state index in [1.54, 1.807) is 38.3 Å². The zero-order chi connectivity index (χ0) is 46.6. The van der Waals surface area contributed by atoms with Gasteiger partial charge in [-0.05, 0) is 44.9 Å². The standard InChI is InChI=1S/C42H61ClN6O14/c1-24-9-8-10-31(58-7)42(56)23-27(61-40(55)47-42)20-33-41(3,63-33)32(22-36(52)49(5)29-18-26(17-24)19-30(57-6)37(29)43)62-39(54)25(2)48(4)35(51)11-13-59-15-16-60-14-12-46-38(53)28(44)21-34(45)50/h8-10,18-19,25,27-28,31-33,56H,11-17,20-23,44H2,1-7H3,(H2,45,50)(H,46,53)(H,47,55)/b10-8+,24-9+/t25-,27+,28-,31+,32-,33?,41-,42-/m0/s1. The van der Waals surface area contributed by atoms with Crippen LogP contribution in [0.4, 0.5) is 10.5 Å². The lowest BCUT2D eigenvalue weighted by Gasteiger charge is -2.40. The van der Waals surface area contributed by atoms with E-state index in [1.807, 2.05) is 13.0 Å². The summed E-state index contributed by atoms with van der Waals surface area (Å²) in [6.07, 6.45) is 0.350. The Balaban J connectivity index is 1.45. The van der Waals surface area contributed by atoms with Gasteiger partial charge in [-0.25, -0.2) is 9.59 Å². The van der Waals surface area contributed by atoms with E-state index in [2.05, 4.69) is 10.6 Å². The van der Waals surface area contributed by atoms with Gasteiger partial charge in [0.1, 0.15) is 40.7 Å². The third-order valence-corrected chi connectivity index (χ3v) is 11.6. The van der Waals surface area contributed by atoms with Crippen molar-refractivity contribution in [2.75, 3.05) is 66.2 Å². The highest BCUT2D eigenvalue weighted by Gasteiger charge is 2.61. The van der Waals surface area contributed by atoms with Crippen molar-refractivity contribution < 1.29 is 67.0 Å². The summed E-state index contributed by atoms with van der Waals surface area (Å²) in [5.74, 6) is -2.58. The number of esters is 1. The Morgan fingerprint density at radius 2 is 1.84 bits per heavy atom. The first-order chi connectivity index (χ1) is 29.7. The van der Waals surface area contributed by atoms with Crippen molar-refractivity contribution in [2.24, 2.45) is 11.5 Å². The van der Waals surface area contributed by atoms with Crippen LogP contribution < -0.4 is 31.7 Å². The van der Waals surface area contributed by atoms with Crippen LogP contribution in [0, 0.1) is 0 Å². The molecule has 0 aromatic heterocycles. The second-order valence-electron chi connectivity index (χ2n) is 16.0. The normalized spacial score (nSPS) is 27.3. The van der Waals surface area contributed by atoms with Crippen LogP contribution in [0.15, 0.2) is 35.9 Å². The van der Waals surface area contributed by atoms with Crippen molar-refractivity contribution in [1.82, 2.24) is 15.5 Å². The first-order valence-electron chi connectivity index (χ1n) is 20.5. The smallest absolute Gasteiger partial charge is 0.409 e. The number of hydrogen-bond donors (Lipinski definition) is 5. The third-order valence-electron chi connectivity index (χ3n) is 11.2. The van der Waals surface area contributed by atoms with Gasteiger partial charge in [-0.2, -0.15) is 0 Å². The minimum atomic E-state index is -1.85. The Kier molecular flexibility index (Phi) is 18.3. The molecule has 20 nitrogen and oxygen atoms in total. The van der Waals surface area contributed by atoms with Crippen LogP contribution in [0.5, 0.6) is 5.75 Å². The van der Waals surface area contributed by atoms with E-state index >= 15 is 0 Å². The van der Waals surface area contributed by atoms with Crippen molar-refractivity contribution in [3.05, 3.63) is 46.5 Å². The quantitative estimate of drug-likeness (QED) is 0.0829. The van der Waals surface area contributed by atoms with Crippen LogP contribution in [0.3, 0.4) is 0 Å². The maximum absolute atomic E-state index is 14.2. The van der Waals surface area contributed by atoms with E-state index in [9.17, 15) is 33.9 Å². The topological polar surface area (TPSA) is 273 Å². The van der Waals surface area contributed by atoms with E-state index in [0.717, 1.165) is 11.1 Å². The van der Waals surface area contributed by atoms with Gasteiger partial charge in [0.05, 0.1) is 70.6 Å². The summed E-state index contributed by atoms with van der Waals surface area (Å²) in [5, 5.41) is 16.9. The number of hydrogen-bond acceptors (Lipinski definition) is 15. The minimum Gasteiger partial charge on any atom is -0.495 e. The number of carbonyl (C=O) groups excluding carboxylic acids is 6. The number of anilines is 1. The van der Waals surface area contributed by atoms with Crippen molar-refractivity contribution in [2.45, 2.75) is 107 Å². The Morgan fingerprint density at radius 3 is 2.51 bits per heavy atom. The number of nitrogens with one attached hydrogen (secondary N) is 2. The molecule has 2 fully saturated rings. The van der Waals surface area contributed by atoms with Crippen LogP contribution in [-0.4, -0.2) is 155 Å². The second-order valence-corrected chi connectivity index (χ2v) is 16.4. The predicted octanol–water partition coefficient (Wildman–Crippen LogP) is 1.01. The first-order valence-corrected chi connectivity index (χ1v) is 20.9. The largest absolute Gasteiger partial charge is 0.495 e. The Hall–Kier alpha value is -4.83. The van der Waals surface area contributed by atoms with Gasteiger partial charge in [0, 0.05) is 40.6 Å². The minimum absolute atomic E-state index is 0.0201. The molecule has 0 aliphatic carbocycles. The number of amides is 5. The summed E-state index contributed by atoms with van der Waals surface area (Å²) in [6, 6.07) is 1.40. The van der Waals surface area contributed by atoms with Crippen molar-refractivity contribution in [3.8, 4) is 5.75 Å². The average Bonchev–Trinajstić information content (AvgIpc) is 3.88. The molecule has 3 aliphatic heterocycles. The summed E-state index contributed by atoms with van der Waals surface area (Å²) in [7, 11) is 5.86. The fourth-order valence-corrected chi connectivity index (χ4v) is 7.52. The van der Waals surface area contributed by atoms with E-state index in [-0.39, 0.29) is 70.1 Å². The molecule has 1 aromatic carbocycles. The third kappa shape index (κ3) is 13.8. The number of nitrogens with two attached hydrogens (primary N) is 2. The SMILES string of the molecule is COc1cc2cc(c1Cl)N(C)C(=O)C[C@H](OC(=O)[C@H](C)N(C)C(=O)CCOCCOCCNC(=O)[C@@H](N)CC(N)=O)[C@]1(C)OC1C[C@@H]1C[C@@](O)(NC(=O)O1)[C@H](OC)/C=C/C=C(\C)C2. The van der Waals surface area contributed by atoms with Gasteiger partial charge in [0.15, 0.2) is 5.72 Å². The van der Waals surface area contributed by atoms with Crippen molar-refractivity contribution in [1.29, 1.82) is 0 Å². The highest BCUT2D eigenvalue weighted by molar-refractivity contribution is 6.35. The molecular weight excluding hydrogens is 848 g/mol. The molecule has 1 unspecified atom stereocenters. The molecule has 0 radical (unpaired) electrons. The van der Waals surface area contributed by atoms with Gasteiger partial charge < -0.3 is 64.8 Å². The number of halogens is 1. The molecule has 3 aliphatic rings. The lowest BCUT2D eigenvalue weighted by Crippen LogP contribution is -2.62. The zero-order valence-electron chi connectivity index (χ0n) is 36.8. The average molecular weight is 909 g/mol. The molecule has 4 bridgehead atoms. The number of ether oxygens (including phenoxy) is 7. The van der Waals surface area contributed by atoms with Crippen LogP contribution in [-0.2, 0) is 58.8 Å². The highest BCUT2D eigenvalue weighted by Crippen LogP contribution is 2.47. The maximum atomic E-state index is 14.2. The number of allylic oxidation sites excluding steroid dienone is 3. The molecule has 63 heavy (non-hydrogen) atoms. The Bertz CT molecular complexity index is 1900.